The molecule has 2 saturated heterocycles. The number of piperidine rings is 1. The highest BCUT2D eigenvalue weighted by Gasteiger charge is 2.24. The monoisotopic (exact) mass is 520 g/mol. The van der Waals surface area contributed by atoms with E-state index in [1.165, 1.54) is 7.05 Å². The third kappa shape index (κ3) is 4.51. The molecule has 4 aromatic rings. The molecule has 11 heteroatoms. The number of aromatic amines is 1. The highest BCUT2D eigenvalue weighted by Crippen LogP contribution is 2.34. The number of benzene rings is 1. The lowest BCUT2D eigenvalue weighted by molar-refractivity contribution is 0.343. The van der Waals surface area contributed by atoms with Crippen LogP contribution in [0.5, 0.6) is 0 Å². The summed E-state index contributed by atoms with van der Waals surface area (Å²) in [5.74, 6) is 0. The quantitative estimate of drug-likeness (QED) is 0.357. The Balaban J connectivity index is 1.42. The van der Waals surface area contributed by atoms with Crippen LogP contribution in [0.2, 0.25) is 0 Å². The zero-order chi connectivity index (χ0) is 25.6. The van der Waals surface area contributed by atoms with E-state index in [4.69, 9.17) is 4.98 Å². The fraction of sp³-hybridized carbons (Fsp3) is 0.423. The molecule has 6 rings (SSSR count). The van der Waals surface area contributed by atoms with E-state index in [1.54, 1.807) is 18.3 Å². The van der Waals surface area contributed by atoms with E-state index in [2.05, 4.69) is 47.8 Å². The second kappa shape index (κ2) is 9.55. The number of aromatic nitrogens is 5. The number of hydrogen-bond acceptors (Lipinski definition) is 7. The van der Waals surface area contributed by atoms with Crippen LogP contribution in [0, 0.1) is 0 Å². The summed E-state index contributed by atoms with van der Waals surface area (Å²) in [6.45, 7) is 5.08. The predicted octanol–water partition coefficient (Wildman–Crippen LogP) is 3.31. The Morgan fingerprint density at radius 1 is 1.08 bits per heavy atom. The fourth-order valence-electron chi connectivity index (χ4n) is 5.49. The summed E-state index contributed by atoms with van der Waals surface area (Å²) in [7, 11) is -2.20. The maximum Gasteiger partial charge on any atom is 0.240 e. The molecule has 0 saturated carbocycles. The summed E-state index contributed by atoms with van der Waals surface area (Å²) in [5.41, 5.74) is 5.56. The first kappa shape index (κ1) is 24.1. The summed E-state index contributed by atoms with van der Waals surface area (Å²) in [6, 6.07) is 6.19. The van der Waals surface area contributed by atoms with Crippen molar-refractivity contribution in [2.45, 2.75) is 49.6 Å². The van der Waals surface area contributed by atoms with Gasteiger partial charge in [0.15, 0.2) is 5.65 Å². The van der Waals surface area contributed by atoms with Crippen LogP contribution in [0.15, 0.2) is 47.9 Å². The van der Waals surface area contributed by atoms with Gasteiger partial charge in [-0.15, -0.1) is 0 Å². The average molecular weight is 521 g/mol. The van der Waals surface area contributed by atoms with Crippen LogP contribution in [0.25, 0.3) is 33.5 Å². The molecule has 2 aliphatic heterocycles. The highest BCUT2D eigenvalue weighted by atomic mass is 32.2. The molecule has 0 amide bonds. The van der Waals surface area contributed by atoms with Crippen molar-refractivity contribution < 1.29 is 8.42 Å². The lowest BCUT2D eigenvalue weighted by atomic mass is 10.1. The maximum absolute atomic E-state index is 12.8. The van der Waals surface area contributed by atoms with Gasteiger partial charge in [0.1, 0.15) is 5.52 Å². The van der Waals surface area contributed by atoms with Gasteiger partial charge in [-0.25, -0.2) is 23.1 Å². The summed E-state index contributed by atoms with van der Waals surface area (Å²) in [5, 5.41) is 8.04. The lowest BCUT2D eigenvalue weighted by Gasteiger charge is -2.25. The van der Waals surface area contributed by atoms with Gasteiger partial charge >= 0.3 is 0 Å². The van der Waals surface area contributed by atoms with E-state index in [1.807, 2.05) is 18.5 Å². The van der Waals surface area contributed by atoms with Gasteiger partial charge in [-0.3, -0.25) is 4.68 Å². The van der Waals surface area contributed by atoms with Gasteiger partial charge < -0.3 is 15.2 Å². The summed E-state index contributed by atoms with van der Waals surface area (Å²) in [4.78, 5) is 15.3. The van der Waals surface area contributed by atoms with E-state index in [0.29, 0.717) is 23.4 Å². The maximum atomic E-state index is 12.8. The van der Waals surface area contributed by atoms with Crippen LogP contribution < -0.4 is 14.9 Å². The molecule has 3 N–H and O–H groups in total. The first-order chi connectivity index (χ1) is 17.9. The zero-order valence-corrected chi connectivity index (χ0v) is 21.9. The third-order valence-corrected chi connectivity index (χ3v) is 9.02. The number of anilines is 1. The zero-order valence-electron chi connectivity index (χ0n) is 21.1. The van der Waals surface area contributed by atoms with E-state index in [0.717, 1.165) is 73.2 Å². The number of nitrogens with zero attached hydrogens (tertiary/aromatic N) is 5. The SMILES string of the molecule is CNS(=O)(=O)c1cc(-c2cnc3[nH]cc(-c4cnn(C5CCNCC5)c4)c3n2)cc(N2CCC[C@H]2C)c1. The highest BCUT2D eigenvalue weighted by molar-refractivity contribution is 7.89. The van der Waals surface area contributed by atoms with Gasteiger partial charge in [0.2, 0.25) is 10.0 Å². The van der Waals surface area contributed by atoms with Crippen LogP contribution in [0.1, 0.15) is 38.6 Å². The van der Waals surface area contributed by atoms with Crippen molar-refractivity contribution in [3.8, 4) is 22.4 Å². The van der Waals surface area contributed by atoms with Gasteiger partial charge in [0, 0.05) is 47.4 Å². The smallest absolute Gasteiger partial charge is 0.240 e. The van der Waals surface area contributed by atoms with Gasteiger partial charge in [0.05, 0.1) is 29.0 Å². The van der Waals surface area contributed by atoms with Crippen molar-refractivity contribution in [3.05, 3.63) is 43.0 Å². The summed E-state index contributed by atoms with van der Waals surface area (Å²) >= 11 is 0. The molecule has 194 valence electrons. The predicted molar refractivity (Wildman–Crippen MR) is 144 cm³/mol. The number of sulfonamides is 1. The lowest BCUT2D eigenvalue weighted by Crippen LogP contribution is -2.29. The molecule has 10 nitrogen and oxygen atoms in total. The van der Waals surface area contributed by atoms with E-state index in [9.17, 15) is 8.42 Å². The van der Waals surface area contributed by atoms with Crippen LogP contribution in [-0.2, 0) is 10.0 Å². The van der Waals surface area contributed by atoms with Crippen molar-refractivity contribution in [1.82, 2.24) is 34.8 Å². The number of rotatable bonds is 6. The largest absolute Gasteiger partial charge is 0.369 e. The minimum atomic E-state index is -3.64. The summed E-state index contributed by atoms with van der Waals surface area (Å²) in [6.07, 6.45) is 11.9. The normalized spacial score (nSPS) is 19.2. The Hall–Kier alpha value is -3.28. The van der Waals surface area contributed by atoms with Crippen LogP contribution >= 0.6 is 0 Å². The topological polar surface area (TPSA) is 121 Å². The third-order valence-electron chi connectivity index (χ3n) is 7.63. The van der Waals surface area contributed by atoms with Crippen molar-refractivity contribution in [2.24, 2.45) is 0 Å². The molecule has 1 aromatic carbocycles. The Bertz CT molecular complexity index is 1540. The molecule has 2 aliphatic rings. The molecule has 0 aliphatic carbocycles. The van der Waals surface area contributed by atoms with Crippen LogP contribution in [0.3, 0.4) is 0 Å². The molecule has 0 bridgehead atoms. The molecule has 0 radical (unpaired) electrons. The first-order valence-electron chi connectivity index (χ1n) is 12.9. The van der Waals surface area contributed by atoms with E-state index < -0.39 is 10.0 Å². The molecule has 2 fully saturated rings. The van der Waals surface area contributed by atoms with E-state index in [-0.39, 0.29) is 4.90 Å². The van der Waals surface area contributed by atoms with Crippen molar-refractivity contribution in [1.29, 1.82) is 0 Å². The molecule has 0 spiro atoms. The fourth-order valence-corrected chi connectivity index (χ4v) is 6.28. The molecule has 0 unspecified atom stereocenters. The van der Waals surface area contributed by atoms with Gasteiger partial charge in [0.25, 0.3) is 0 Å². The Kier molecular flexibility index (Phi) is 6.21. The minimum Gasteiger partial charge on any atom is -0.369 e. The van der Waals surface area contributed by atoms with Crippen molar-refractivity contribution in [3.63, 3.8) is 0 Å². The van der Waals surface area contributed by atoms with Crippen molar-refractivity contribution in [2.75, 3.05) is 31.6 Å². The van der Waals surface area contributed by atoms with E-state index >= 15 is 0 Å². The Labute approximate surface area is 216 Å². The Morgan fingerprint density at radius 2 is 1.92 bits per heavy atom. The van der Waals surface area contributed by atoms with Crippen molar-refractivity contribution >= 4 is 26.9 Å². The average Bonchev–Trinajstić information content (AvgIpc) is 3.68. The first-order valence-corrected chi connectivity index (χ1v) is 14.4. The molecular weight excluding hydrogens is 488 g/mol. The summed E-state index contributed by atoms with van der Waals surface area (Å²) < 4.78 is 30.1. The van der Waals surface area contributed by atoms with Gasteiger partial charge in [-0.2, -0.15) is 5.10 Å². The second-order valence-corrected chi connectivity index (χ2v) is 11.8. The molecular formula is C26H32N8O2S. The van der Waals surface area contributed by atoms with Gasteiger partial charge in [-0.05, 0) is 70.9 Å². The molecule has 5 heterocycles. The second-order valence-electron chi connectivity index (χ2n) is 9.95. The number of hydrogen-bond donors (Lipinski definition) is 3. The molecule has 3 aromatic heterocycles. The minimum absolute atomic E-state index is 0.223. The number of nitrogens with one attached hydrogen (secondary N) is 3. The Morgan fingerprint density at radius 3 is 2.68 bits per heavy atom. The standard InChI is InChI=1S/C26H32N8O2S/c1-17-4-3-9-33(17)21-10-18(11-22(12-21)37(35,36)27-2)24-15-30-26-25(32-24)23(14-29-26)19-13-31-34(16-19)20-5-7-28-8-6-20/h10-17,20,27-28H,3-9H2,1-2H3,(H,29,30)/t17-/m1/s1. The van der Waals surface area contributed by atoms with Gasteiger partial charge in [-0.1, -0.05) is 0 Å². The van der Waals surface area contributed by atoms with Crippen LogP contribution in [-0.4, -0.2) is 65.9 Å². The number of H-pyrrole nitrogens is 1. The molecule has 37 heavy (non-hydrogen) atoms. The van der Waals surface area contributed by atoms with Crippen LogP contribution in [0.4, 0.5) is 5.69 Å². The number of fused-ring (bicyclic) bond motifs is 1. The molecule has 1 atom stereocenters.